The van der Waals surface area contributed by atoms with Gasteiger partial charge in [-0.2, -0.15) is 0 Å². The van der Waals surface area contributed by atoms with Crippen molar-refractivity contribution in [3.05, 3.63) is 52.8 Å². The van der Waals surface area contributed by atoms with Crippen LogP contribution in [0.5, 0.6) is 5.75 Å². The van der Waals surface area contributed by atoms with Crippen molar-refractivity contribution < 1.29 is 13.9 Å². The minimum absolute atomic E-state index is 0.0402. The van der Waals surface area contributed by atoms with E-state index in [4.69, 9.17) is 4.74 Å². The molecule has 98 valence electrons. The molecule has 0 amide bonds. The molecule has 0 atom stereocenters. The second-order valence-electron chi connectivity index (χ2n) is 4.43. The summed E-state index contributed by atoms with van der Waals surface area (Å²) in [5.41, 5.74) is 3.06. The summed E-state index contributed by atoms with van der Waals surface area (Å²) in [7, 11) is 1.49. The molecule has 0 saturated heterocycles. The van der Waals surface area contributed by atoms with E-state index in [1.165, 1.54) is 13.2 Å². The molecule has 0 unspecified atom stereocenters. The zero-order valence-electron chi connectivity index (χ0n) is 11.2. The van der Waals surface area contributed by atoms with E-state index in [2.05, 4.69) is 0 Å². The first-order chi connectivity index (χ1) is 9.10. The molecule has 0 aliphatic carbocycles. The lowest BCUT2D eigenvalue weighted by Gasteiger charge is -2.15. The lowest BCUT2D eigenvalue weighted by Crippen LogP contribution is -1.99. The molecule has 0 N–H and O–H groups in total. The van der Waals surface area contributed by atoms with Gasteiger partial charge in [-0.3, -0.25) is 4.79 Å². The third-order valence-corrected chi connectivity index (χ3v) is 3.21. The normalized spacial score (nSPS) is 10.3. The molecule has 0 spiro atoms. The zero-order chi connectivity index (χ0) is 14.0. The highest BCUT2D eigenvalue weighted by atomic mass is 19.1. The van der Waals surface area contributed by atoms with Crippen LogP contribution < -0.4 is 4.74 Å². The van der Waals surface area contributed by atoms with Gasteiger partial charge in [0.25, 0.3) is 0 Å². The number of aryl methyl sites for hydroxylation is 2. The highest BCUT2D eigenvalue weighted by Crippen LogP contribution is 2.37. The molecular formula is C16H15FO2. The monoisotopic (exact) mass is 258 g/mol. The van der Waals surface area contributed by atoms with Crippen LogP contribution in [0, 0.1) is 19.7 Å². The van der Waals surface area contributed by atoms with Gasteiger partial charge in [0.2, 0.25) is 0 Å². The largest absolute Gasteiger partial charge is 0.496 e. The van der Waals surface area contributed by atoms with E-state index in [9.17, 15) is 9.18 Å². The van der Waals surface area contributed by atoms with E-state index in [-0.39, 0.29) is 5.56 Å². The summed E-state index contributed by atoms with van der Waals surface area (Å²) in [5, 5.41) is 0. The van der Waals surface area contributed by atoms with Crippen molar-refractivity contribution >= 4 is 6.29 Å². The number of carbonyl (C=O) groups excluding carboxylic acids is 1. The number of ether oxygens (including phenoxy) is 1. The number of hydrogen-bond acceptors (Lipinski definition) is 2. The van der Waals surface area contributed by atoms with Gasteiger partial charge in [-0.15, -0.1) is 0 Å². The third kappa shape index (κ3) is 2.24. The van der Waals surface area contributed by atoms with Gasteiger partial charge in [-0.1, -0.05) is 18.2 Å². The maximum atomic E-state index is 14.5. The van der Waals surface area contributed by atoms with Crippen LogP contribution in [0.2, 0.25) is 0 Å². The molecule has 2 rings (SSSR count). The molecule has 3 heteroatoms. The molecule has 2 aromatic rings. The zero-order valence-corrected chi connectivity index (χ0v) is 11.2. The van der Waals surface area contributed by atoms with Crippen molar-refractivity contribution in [2.24, 2.45) is 0 Å². The summed E-state index contributed by atoms with van der Waals surface area (Å²) >= 11 is 0. The van der Waals surface area contributed by atoms with Crippen LogP contribution in [0.25, 0.3) is 11.1 Å². The van der Waals surface area contributed by atoms with Gasteiger partial charge in [0, 0.05) is 0 Å². The van der Waals surface area contributed by atoms with Gasteiger partial charge in [-0.05, 0) is 42.7 Å². The fourth-order valence-corrected chi connectivity index (χ4v) is 2.28. The van der Waals surface area contributed by atoms with Gasteiger partial charge >= 0.3 is 0 Å². The summed E-state index contributed by atoms with van der Waals surface area (Å²) in [4.78, 5) is 10.9. The Morgan fingerprint density at radius 3 is 2.21 bits per heavy atom. The Bertz CT molecular complexity index is 613. The fourth-order valence-electron chi connectivity index (χ4n) is 2.28. The number of methoxy groups -OCH3 is 1. The average Bonchev–Trinajstić information content (AvgIpc) is 2.40. The topological polar surface area (TPSA) is 26.3 Å². The summed E-state index contributed by atoms with van der Waals surface area (Å²) in [6, 6.07) is 8.79. The molecule has 0 saturated carbocycles. The Morgan fingerprint density at radius 2 is 1.68 bits per heavy atom. The van der Waals surface area contributed by atoms with Crippen LogP contribution in [0.4, 0.5) is 4.39 Å². The molecule has 19 heavy (non-hydrogen) atoms. The standard InChI is InChI=1S/C16H15FO2/c1-10-5-4-6-11(2)14(10)15-13(19-3)8-7-12(9-18)16(15)17/h4-9H,1-3H3. The molecule has 0 radical (unpaired) electrons. The molecule has 0 bridgehead atoms. The van der Waals surface area contributed by atoms with Gasteiger partial charge in [-0.25, -0.2) is 4.39 Å². The van der Waals surface area contributed by atoms with Crippen LogP contribution in [-0.2, 0) is 0 Å². The van der Waals surface area contributed by atoms with Crippen LogP contribution in [0.3, 0.4) is 0 Å². The number of carbonyl (C=O) groups is 1. The molecular weight excluding hydrogens is 243 g/mol. The van der Waals surface area contributed by atoms with E-state index in [1.807, 2.05) is 32.0 Å². The fraction of sp³-hybridized carbons (Fsp3) is 0.188. The first-order valence-electron chi connectivity index (χ1n) is 5.98. The van der Waals surface area contributed by atoms with E-state index in [1.54, 1.807) is 6.07 Å². The van der Waals surface area contributed by atoms with E-state index in [0.29, 0.717) is 17.6 Å². The number of benzene rings is 2. The second-order valence-corrected chi connectivity index (χ2v) is 4.43. The van der Waals surface area contributed by atoms with Gasteiger partial charge in [0.05, 0.1) is 18.2 Å². The average molecular weight is 258 g/mol. The van der Waals surface area contributed by atoms with Gasteiger partial charge < -0.3 is 4.74 Å². The Hall–Kier alpha value is -2.16. The smallest absolute Gasteiger partial charge is 0.153 e. The third-order valence-electron chi connectivity index (χ3n) is 3.21. The predicted octanol–water partition coefficient (Wildman–Crippen LogP) is 3.93. The van der Waals surface area contributed by atoms with Gasteiger partial charge in [0.15, 0.2) is 6.29 Å². The lowest BCUT2D eigenvalue weighted by molar-refractivity contribution is 0.112. The van der Waals surface area contributed by atoms with E-state index >= 15 is 0 Å². The minimum Gasteiger partial charge on any atom is -0.496 e. The summed E-state index contributed by atoms with van der Waals surface area (Å²) in [5.74, 6) is -0.104. The molecule has 0 aromatic heterocycles. The van der Waals surface area contributed by atoms with Gasteiger partial charge in [0.1, 0.15) is 11.6 Å². The van der Waals surface area contributed by atoms with Crippen LogP contribution in [0.1, 0.15) is 21.5 Å². The molecule has 0 heterocycles. The molecule has 2 nitrogen and oxygen atoms in total. The lowest BCUT2D eigenvalue weighted by atomic mass is 9.93. The van der Waals surface area contributed by atoms with Crippen molar-refractivity contribution in [1.82, 2.24) is 0 Å². The SMILES string of the molecule is COc1ccc(C=O)c(F)c1-c1c(C)cccc1C. The minimum atomic E-state index is -0.535. The summed E-state index contributed by atoms with van der Waals surface area (Å²) < 4.78 is 19.7. The van der Waals surface area contributed by atoms with Crippen LogP contribution >= 0.6 is 0 Å². The maximum Gasteiger partial charge on any atom is 0.153 e. The summed E-state index contributed by atoms with van der Waals surface area (Å²) in [6.07, 6.45) is 0.520. The molecule has 0 fully saturated rings. The second kappa shape index (κ2) is 5.22. The van der Waals surface area contributed by atoms with Crippen molar-refractivity contribution in [2.45, 2.75) is 13.8 Å². The van der Waals surface area contributed by atoms with Crippen LogP contribution in [0.15, 0.2) is 30.3 Å². The first-order valence-corrected chi connectivity index (χ1v) is 5.98. The maximum absolute atomic E-state index is 14.5. The molecule has 0 aliphatic heterocycles. The van der Waals surface area contributed by atoms with Crippen LogP contribution in [-0.4, -0.2) is 13.4 Å². The van der Waals surface area contributed by atoms with E-state index in [0.717, 1.165) is 16.7 Å². The Balaban J connectivity index is 2.84. The van der Waals surface area contributed by atoms with Crippen molar-refractivity contribution in [3.8, 4) is 16.9 Å². The quantitative estimate of drug-likeness (QED) is 0.780. The number of hydrogen-bond donors (Lipinski definition) is 0. The molecule has 2 aromatic carbocycles. The Kier molecular flexibility index (Phi) is 3.65. The van der Waals surface area contributed by atoms with Crippen molar-refractivity contribution in [1.29, 1.82) is 0 Å². The Labute approximate surface area is 111 Å². The van der Waals surface area contributed by atoms with Crippen molar-refractivity contribution in [3.63, 3.8) is 0 Å². The number of aldehydes is 1. The highest BCUT2D eigenvalue weighted by molar-refractivity contribution is 5.84. The predicted molar refractivity (Wildman–Crippen MR) is 73.2 cm³/mol. The Morgan fingerprint density at radius 1 is 1.05 bits per heavy atom. The first kappa shape index (κ1) is 13.3. The number of rotatable bonds is 3. The highest BCUT2D eigenvalue weighted by Gasteiger charge is 2.18. The molecule has 0 aliphatic rings. The van der Waals surface area contributed by atoms with E-state index < -0.39 is 5.82 Å². The summed E-state index contributed by atoms with van der Waals surface area (Å²) in [6.45, 7) is 3.82. The van der Waals surface area contributed by atoms with Crippen molar-refractivity contribution in [2.75, 3.05) is 7.11 Å². The number of halogens is 1.